The highest BCUT2D eigenvalue weighted by atomic mass is 16.6. The molecule has 67 heavy (non-hydrogen) atoms. The number of aromatic nitrogens is 8. The van der Waals surface area contributed by atoms with Crippen LogP contribution in [0.5, 0.6) is 11.6 Å². The van der Waals surface area contributed by atoms with Crippen molar-refractivity contribution in [1.82, 2.24) is 44.9 Å². The van der Waals surface area contributed by atoms with Gasteiger partial charge in [0.15, 0.2) is 0 Å². The summed E-state index contributed by atoms with van der Waals surface area (Å²) in [5, 5.41) is 29.3. The summed E-state index contributed by atoms with van der Waals surface area (Å²) >= 11 is 0. The molecule has 1 aliphatic carbocycles. The van der Waals surface area contributed by atoms with E-state index in [0.29, 0.717) is 140 Å². The van der Waals surface area contributed by atoms with Crippen molar-refractivity contribution in [2.45, 2.75) is 89.8 Å². The van der Waals surface area contributed by atoms with E-state index >= 15 is 0 Å². The van der Waals surface area contributed by atoms with E-state index in [1.165, 1.54) is 6.33 Å². The molecule has 6 rings (SSSR count). The lowest BCUT2D eigenvalue weighted by Gasteiger charge is -2.42. The van der Waals surface area contributed by atoms with E-state index < -0.39 is 0 Å². The first-order valence-corrected chi connectivity index (χ1v) is 23.5. The topological polar surface area (TPSA) is 219 Å². The highest BCUT2D eigenvalue weighted by molar-refractivity contribution is 5.67. The first-order chi connectivity index (χ1) is 32.9. The van der Waals surface area contributed by atoms with Gasteiger partial charge in [-0.1, -0.05) is 6.07 Å². The van der Waals surface area contributed by atoms with Crippen molar-refractivity contribution in [2.24, 2.45) is 0 Å². The summed E-state index contributed by atoms with van der Waals surface area (Å²) < 4.78 is 60.3. The largest absolute Gasteiger partial charge is 0.487 e. The van der Waals surface area contributed by atoms with E-state index in [2.05, 4.69) is 55.6 Å². The van der Waals surface area contributed by atoms with Gasteiger partial charge in [-0.05, 0) is 74.6 Å². The zero-order valence-corrected chi connectivity index (χ0v) is 39.5. The number of tetrazole rings is 1. The van der Waals surface area contributed by atoms with Gasteiger partial charge in [0.25, 0.3) is 5.88 Å². The first kappa shape index (κ1) is 51.5. The van der Waals surface area contributed by atoms with E-state index in [1.54, 1.807) is 30.3 Å². The highest BCUT2D eigenvalue weighted by Gasteiger charge is 2.32. The van der Waals surface area contributed by atoms with Gasteiger partial charge in [-0.2, -0.15) is 5.26 Å². The third-order valence-corrected chi connectivity index (χ3v) is 11.2. The fourth-order valence-electron chi connectivity index (χ4n) is 7.97. The zero-order chi connectivity index (χ0) is 46.9. The Morgan fingerprint density at radius 1 is 0.776 bits per heavy atom. The van der Waals surface area contributed by atoms with Gasteiger partial charge in [0.1, 0.15) is 29.9 Å². The van der Waals surface area contributed by atoms with Crippen molar-refractivity contribution in [1.29, 1.82) is 5.26 Å². The van der Waals surface area contributed by atoms with Crippen LogP contribution >= 0.6 is 0 Å². The summed E-state index contributed by atoms with van der Waals surface area (Å²) in [5.41, 5.74) is 2.67. The van der Waals surface area contributed by atoms with Crippen LogP contribution in [0.15, 0.2) is 43.1 Å². The Kier molecular flexibility index (Phi) is 22.4. The average molecular weight is 936 g/mol. The molecule has 2 aliphatic rings. The van der Waals surface area contributed by atoms with Crippen LogP contribution in [0.1, 0.15) is 64.5 Å². The molecule has 1 saturated heterocycles. The van der Waals surface area contributed by atoms with Crippen LogP contribution in [-0.4, -0.2) is 182 Å². The third kappa shape index (κ3) is 17.9. The van der Waals surface area contributed by atoms with Crippen LogP contribution in [0, 0.1) is 11.3 Å². The van der Waals surface area contributed by atoms with Gasteiger partial charge in [-0.3, -0.25) is 9.58 Å². The normalized spacial score (nSPS) is 19.3. The molecule has 4 heterocycles. The molecule has 21 nitrogen and oxygen atoms in total. The number of anilines is 2. The summed E-state index contributed by atoms with van der Waals surface area (Å²) in [4.78, 5) is 11.9. The van der Waals surface area contributed by atoms with E-state index in [4.69, 9.17) is 52.5 Å². The molecule has 4 aromatic rings. The molecule has 368 valence electrons. The fourth-order valence-corrected chi connectivity index (χ4v) is 7.97. The van der Waals surface area contributed by atoms with E-state index in [0.717, 1.165) is 49.9 Å². The number of methoxy groups -OCH3 is 1. The van der Waals surface area contributed by atoms with Gasteiger partial charge in [0, 0.05) is 57.2 Å². The number of nitrogens with one attached hydrogen (secondary N) is 1. The second kappa shape index (κ2) is 29.1. The predicted octanol–water partition coefficient (Wildman–Crippen LogP) is 4.52. The molecule has 1 saturated carbocycles. The molecule has 0 spiro atoms. The van der Waals surface area contributed by atoms with Crippen LogP contribution < -0.4 is 14.8 Å². The molecule has 0 radical (unpaired) electrons. The Hall–Kier alpha value is -4.89. The van der Waals surface area contributed by atoms with Crippen molar-refractivity contribution in [3.63, 3.8) is 0 Å². The maximum atomic E-state index is 9.76. The first-order valence-electron chi connectivity index (χ1n) is 23.5. The number of hydrogen-bond acceptors (Lipinski definition) is 19. The average Bonchev–Trinajstić information content (AvgIpc) is 4.00. The number of nitriles is 1. The Morgan fingerprint density at radius 2 is 1.37 bits per heavy atom. The molecule has 0 unspecified atom stereocenters. The quantitative estimate of drug-likeness (QED) is 0.0666. The molecule has 21 heteroatoms. The number of nitrogens with zero attached hydrogens (tertiary/aromatic N) is 10. The van der Waals surface area contributed by atoms with Gasteiger partial charge in [-0.25, -0.2) is 14.6 Å². The van der Waals surface area contributed by atoms with Crippen molar-refractivity contribution in [2.75, 3.05) is 118 Å². The SMILES string of the molecule is COCCOCCOCCOCCOCCOCCOCCCOc1nn([C@H]2CC[C@H](N3C[C@@H](C)O[C@@H](C)C3)CC2)cc1Nc1ncc(-c2ccc(C#N)c(O[C@@H](C)Cn3cnnn3)c2)cn1. The minimum atomic E-state index is -0.291. The Morgan fingerprint density at radius 3 is 1.96 bits per heavy atom. The second-order valence-corrected chi connectivity index (χ2v) is 16.6. The Balaban J connectivity index is 0.936. The van der Waals surface area contributed by atoms with Crippen LogP contribution in [-0.2, 0) is 44.4 Å². The van der Waals surface area contributed by atoms with Gasteiger partial charge >= 0.3 is 0 Å². The van der Waals surface area contributed by atoms with Crippen molar-refractivity contribution in [3.05, 3.63) is 48.7 Å². The van der Waals surface area contributed by atoms with Gasteiger partial charge in [0.05, 0.1) is 122 Å². The van der Waals surface area contributed by atoms with Crippen LogP contribution in [0.2, 0.25) is 0 Å². The van der Waals surface area contributed by atoms with Crippen molar-refractivity contribution >= 4 is 11.6 Å². The molecule has 3 aromatic heterocycles. The van der Waals surface area contributed by atoms with Crippen molar-refractivity contribution < 1.29 is 47.4 Å². The van der Waals surface area contributed by atoms with Crippen LogP contribution in [0.4, 0.5) is 11.6 Å². The van der Waals surface area contributed by atoms with E-state index in [1.807, 2.05) is 29.9 Å². The Labute approximate surface area is 393 Å². The fraction of sp³-hybridized carbons (Fsp3) is 0.674. The monoisotopic (exact) mass is 936 g/mol. The van der Waals surface area contributed by atoms with Gasteiger partial charge < -0.3 is 52.7 Å². The number of morpholine rings is 1. The summed E-state index contributed by atoms with van der Waals surface area (Å²) in [5.74, 6) is 1.33. The summed E-state index contributed by atoms with van der Waals surface area (Å²) in [7, 11) is 1.65. The molecule has 0 amide bonds. The van der Waals surface area contributed by atoms with E-state index in [-0.39, 0.29) is 24.4 Å². The lowest BCUT2D eigenvalue weighted by Crippen LogP contribution is -2.51. The number of benzene rings is 1. The molecule has 1 aliphatic heterocycles. The minimum Gasteiger partial charge on any atom is -0.487 e. The van der Waals surface area contributed by atoms with Crippen LogP contribution in [0.25, 0.3) is 11.1 Å². The predicted molar refractivity (Wildman–Crippen MR) is 245 cm³/mol. The molecule has 1 aromatic carbocycles. The van der Waals surface area contributed by atoms with Gasteiger partial charge in [-0.15, -0.1) is 10.2 Å². The van der Waals surface area contributed by atoms with Crippen LogP contribution in [0.3, 0.4) is 0 Å². The number of ether oxygens (including phenoxy) is 10. The molecular formula is C46H69N11O10. The molecule has 2 fully saturated rings. The second-order valence-electron chi connectivity index (χ2n) is 16.6. The smallest absolute Gasteiger partial charge is 0.256 e. The maximum absolute atomic E-state index is 9.76. The van der Waals surface area contributed by atoms with E-state index in [9.17, 15) is 5.26 Å². The summed E-state index contributed by atoms with van der Waals surface area (Å²) in [6.45, 7) is 15.7. The van der Waals surface area contributed by atoms with Crippen molar-refractivity contribution in [3.8, 4) is 28.8 Å². The molecule has 1 N–H and O–H groups in total. The highest BCUT2D eigenvalue weighted by Crippen LogP contribution is 2.36. The summed E-state index contributed by atoms with van der Waals surface area (Å²) in [6.07, 6.45) is 12.1. The summed E-state index contributed by atoms with van der Waals surface area (Å²) in [6, 6.07) is 8.40. The number of rotatable bonds is 32. The lowest BCUT2D eigenvalue weighted by molar-refractivity contribution is -0.0852. The lowest BCUT2D eigenvalue weighted by atomic mass is 9.89. The minimum absolute atomic E-state index is 0.242. The number of hydrogen-bond donors (Lipinski definition) is 1. The molecular weight excluding hydrogens is 867 g/mol. The van der Waals surface area contributed by atoms with Gasteiger partial charge in [0.2, 0.25) is 5.95 Å². The molecule has 3 atom stereocenters. The Bertz CT molecular complexity index is 1990. The third-order valence-electron chi connectivity index (χ3n) is 11.2. The standard InChI is InChI=1S/C46H69N11O10/c1-35-30-55(31-36(2)66-35)41-8-10-42(11-9-41)57-33-43(45(52-57)65-13-5-12-59-16-17-61-20-21-63-24-25-64-23-22-62-19-18-60-15-14-58-4)51-46-48-28-40(29-49-46)38-6-7-39(27-47)44(26-38)67-37(3)32-56-34-50-53-54-56/h6-7,26,28-29,33-37,41-42H,5,8-25,30-32H2,1-4H3,(H,48,49,51)/t35-,36+,37-,41-,42-/m0/s1. The molecule has 0 bridgehead atoms. The zero-order valence-electron chi connectivity index (χ0n) is 39.5. The maximum Gasteiger partial charge on any atom is 0.256 e.